The van der Waals surface area contributed by atoms with Crippen LogP contribution in [-0.2, 0) is 9.59 Å². The van der Waals surface area contributed by atoms with Gasteiger partial charge < -0.3 is 0 Å². The lowest BCUT2D eigenvalue weighted by Gasteiger charge is -2.30. The zero-order chi connectivity index (χ0) is 23.9. The number of ketones is 1. The van der Waals surface area contributed by atoms with Crippen molar-refractivity contribution in [1.82, 2.24) is 10.0 Å². The predicted molar refractivity (Wildman–Crippen MR) is 128 cm³/mol. The molecule has 2 aromatic rings. The summed E-state index contributed by atoms with van der Waals surface area (Å²) in [5.41, 5.74) is 1.39. The van der Waals surface area contributed by atoms with Crippen molar-refractivity contribution in [2.75, 3.05) is 6.54 Å². The van der Waals surface area contributed by atoms with Gasteiger partial charge in [-0.2, -0.15) is 5.01 Å². The maximum absolute atomic E-state index is 13.5. The van der Waals surface area contributed by atoms with E-state index in [2.05, 4.69) is 15.9 Å². The zero-order valence-corrected chi connectivity index (χ0v) is 20.7. The molecule has 0 N–H and O–H groups in total. The number of hydrogen-bond acceptors (Lipinski definition) is 4. The standard InChI is InChI=1S/C24H19BrCl2N2O4/c1-13-2-8-17-19(10-13)24(33)29(23(17)32)28(12-21(30)14-3-5-15(25)6-4-14)22(31)18-9-7-16(26)11-20(18)27/h2-7,9,11,17,19H,8,10,12H2,1H3/t17-,19+/m1/s1. The Hall–Kier alpha value is -2.48. The molecule has 6 nitrogen and oxygen atoms in total. The fourth-order valence-corrected chi connectivity index (χ4v) is 4.91. The average Bonchev–Trinajstić information content (AvgIpc) is 3.01. The molecule has 0 bridgehead atoms. The van der Waals surface area contributed by atoms with Gasteiger partial charge >= 0.3 is 0 Å². The minimum absolute atomic E-state index is 0.0365. The summed E-state index contributed by atoms with van der Waals surface area (Å²) in [4.78, 5) is 53.1. The van der Waals surface area contributed by atoms with Crippen LogP contribution < -0.4 is 0 Å². The number of carbonyl (C=O) groups is 4. The Morgan fingerprint density at radius 1 is 1.06 bits per heavy atom. The molecule has 2 atom stereocenters. The Bertz CT molecular complexity index is 1200. The van der Waals surface area contributed by atoms with E-state index in [9.17, 15) is 19.2 Å². The monoisotopic (exact) mass is 548 g/mol. The molecule has 0 aromatic heterocycles. The SMILES string of the molecule is CC1=CC[C@H]2C(=O)N(N(CC(=O)c3ccc(Br)cc3)C(=O)c3ccc(Cl)cc3Cl)C(=O)[C@H]2C1. The van der Waals surface area contributed by atoms with Crippen LogP contribution in [-0.4, -0.2) is 40.1 Å². The number of hydrazine groups is 1. The van der Waals surface area contributed by atoms with Crippen molar-refractivity contribution in [3.63, 3.8) is 0 Å². The van der Waals surface area contributed by atoms with E-state index in [4.69, 9.17) is 23.2 Å². The van der Waals surface area contributed by atoms with Crippen molar-refractivity contribution < 1.29 is 19.2 Å². The minimum atomic E-state index is -0.729. The molecule has 0 spiro atoms. The molecule has 0 radical (unpaired) electrons. The first kappa shape index (κ1) is 23.7. The van der Waals surface area contributed by atoms with Gasteiger partial charge in [0.25, 0.3) is 17.7 Å². The van der Waals surface area contributed by atoms with Crippen LogP contribution in [0.25, 0.3) is 0 Å². The van der Waals surface area contributed by atoms with Crippen LogP contribution in [0.5, 0.6) is 0 Å². The van der Waals surface area contributed by atoms with E-state index in [1.165, 1.54) is 18.2 Å². The average molecular weight is 550 g/mol. The van der Waals surface area contributed by atoms with E-state index in [0.29, 0.717) is 23.4 Å². The molecule has 0 unspecified atom stereocenters. The molecular weight excluding hydrogens is 531 g/mol. The van der Waals surface area contributed by atoms with E-state index in [1.54, 1.807) is 24.3 Å². The van der Waals surface area contributed by atoms with Crippen LogP contribution >= 0.6 is 39.1 Å². The van der Waals surface area contributed by atoms with Gasteiger partial charge in [-0.25, -0.2) is 5.01 Å². The van der Waals surface area contributed by atoms with Gasteiger partial charge in [-0.1, -0.05) is 62.9 Å². The van der Waals surface area contributed by atoms with Gasteiger partial charge in [0.15, 0.2) is 5.78 Å². The quantitative estimate of drug-likeness (QED) is 0.287. The van der Waals surface area contributed by atoms with Gasteiger partial charge in [-0.15, -0.1) is 0 Å². The Morgan fingerprint density at radius 2 is 1.73 bits per heavy atom. The highest BCUT2D eigenvalue weighted by Gasteiger charge is 2.51. The molecule has 1 fully saturated rings. The van der Waals surface area contributed by atoms with Gasteiger partial charge in [-0.3, -0.25) is 19.2 Å². The van der Waals surface area contributed by atoms with Crippen LogP contribution in [0.15, 0.2) is 58.6 Å². The summed E-state index contributed by atoms with van der Waals surface area (Å²) in [6.45, 7) is 1.41. The van der Waals surface area contributed by atoms with Crippen LogP contribution in [0, 0.1) is 11.8 Å². The van der Waals surface area contributed by atoms with Crippen molar-refractivity contribution in [1.29, 1.82) is 0 Å². The molecule has 170 valence electrons. The lowest BCUT2D eigenvalue weighted by Crippen LogP contribution is -2.52. The number of amides is 3. The maximum atomic E-state index is 13.5. The van der Waals surface area contributed by atoms with Crippen LogP contribution in [0.3, 0.4) is 0 Å². The van der Waals surface area contributed by atoms with Gasteiger partial charge in [-0.05, 0) is 50.1 Å². The molecule has 2 aliphatic rings. The van der Waals surface area contributed by atoms with Crippen molar-refractivity contribution >= 4 is 62.6 Å². The third kappa shape index (κ3) is 4.63. The number of imide groups is 1. The number of carbonyl (C=O) groups excluding carboxylic acids is 4. The van der Waals surface area contributed by atoms with Crippen molar-refractivity contribution in [2.45, 2.75) is 19.8 Å². The van der Waals surface area contributed by atoms with Gasteiger partial charge in [0.05, 0.1) is 22.4 Å². The van der Waals surface area contributed by atoms with E-state index in [-0.39, 0.29) is 10.6 Å². The van der Waals surface area contributed by atoms with E-state index in [0.717, 1.165) is 20.1 Å². The second-order valence-corrected chi connectivity index (χ2v) is 9.87. The lowest BCUT2D eigenvalue weighted by molar-refractivity contribution is -0.154. The number of hydrogen-bond donors (Lipinski definition) is 0. The molecule has 9 heteroatoms. The smallest absolute Gasteiger partial charge is 0.274 e. The molecule has 1 aliphatic carbocycles. The normalized spacial score (nSPS) is 19.9. The van der Waals surface area contributed by atoms with E-state index in [1.807, 2.05) is 13.0 Å². The fourth-order valence-electron chi connectivity index (χ4n) is 4.16. The summed E-state index contributed by atoms with van der Waals surface area (Å²) in [5.74, 6) is -3.24. The highest BCUT2D eigenvalue weighted by molar-refractivity contribution is 9.10. The first-order chi connectivity index (χ1) is 15.7. The summed E-state index contributed by atoms with van der Waals surface area (Å²) in [6.07, 6.45) is 2.79. The summed E-state index contributed by atoms with van der Waals surface area (Å²) in [5, 5.41) is 2.14. The highest BCUT2D eigenvalue weighted by atomic mass is 79.9. The molecular formula is C24H19BrCl2N2O4. The lowest BCUT2D eigenvalue weighted by atomic mass is 9.82. The van der Waals surface area contributed by atoms with Crippen LogP contribution in [0.2, 0.25) is 10.0 Å². The summed E-state index contributed by atoms with van der Waals surface area (Å²) in [7, 11) is 0. The second-order valence-electron chi connectivity index (χ2n) is 8.11. The molecule has 33 heavy (non-hydrogen) atoms. The number of benzene rings is 2. The second kappa shape index (κ2) is 9.41. The minimum Gasteiger partial charge on any atom is -0.292 e. The topological polar surface area (TPSA) is 74.8 Å². The number of rotatable bonds is 5. The third-order valence-corrected chi connectivity index (χ3v) is 6.97. The first-order valence-corrected chi connectivity index (χ1v) is 11.8. The first-order valence-electron chi connectivity index (χ1n) is 10.3. The van der Waals surface area contributed by atoms with Gasteiger partial charge in [0, 0.05) is 15.1 Å². The zero-order valence-electron chi connectivity index (χ0n) is 17.6. The predicted octanol–water partition coefficient (Wildman–Crippen LogP) is 5.34. The Kier molecular flexibility index (Phi) is 6.75. The van der Waals surface area contributed by atoms with E-state index < -0.39 is 41.9 Å². The largest absolute Gasteiger partial charge is 0.292 e. The third-order valence-electron chi connectivity index (χ3n) is 5.90. The molecule has 2 aromatic carbocycles. The highest BCUT2D eigenvalue weighted by Crippen LogP contribution is 2.39. The Balaban J connectivity index is 1.72. The Morgan fingerprint density at radius 3 is 2.39 bits per heavy atom. The van der Waals surface area contributed by atoms with Crippen molar-refractivity contribution in [3.05, 3.63) is 79.8 Å². The summed E-state index contributed by atoms with van der Waals surface area (Å²) < 4.78 is 0.789. The van der Waals surface area contributed by atoms with Gasteiger partial charge in [0.2, 0.25) is 0 Å². The van der Waals surface area contributed by atoms with Crippen LogP contribution in [0.1, 0.15) is 40.5 Å². The summed E-state index contributed by atoms with van der Waals surface area (Å²) >= 11 is 15.5. The number of fused-ring (bicyclic) bond motifs is 1. The molecule has 1 heterocycles. The van der Waals surface area contributed by atoms with E-state index >= 15 is 0 Å². The molecule has 3 amide bonds. The fraction of sp³-hybridized carbons (Fsp3) is 0.250. The molecule has 0 saturated carbocycles. The maximum Gasteiger partial charge on any atom is 0.274 e. The number of halogens is 3. The molecule has 1 aliphatic heterocycles. The number of allylic oxidation sites excluding steroid dienone is 2. The molecule has 1 saturated heterocycles. The van der Waals surface area contributed by atoms with Crippen LogP contribution in [0.4, 0.5) is 0 Å². The Labute approximate surface area is 209 Å². The van der Waals surface area contributed by atoms with Crippen molar-refractivity contribution in [2.24, 2.45) is 11.8 Å². The van der Waals surface area contributed by atoms with Crippen molar-refractivity contribution in [3.8, 4) is 0 Å². The van der Waals surface area contributed by atoms with Gasteiger partial charge in [0.1, 0.15) is 6.54 Å². The number of Topliss-reactive ketones (excluding diaryl/α,β-unsaturated/α-hetero) is 1. The molecule has 4 rings (SSSR count). The summed E-state index contributed by atoms with van der Waals surface area (Å²) in [6, 6.07) is 10.9. The number of nitrogens with zero attached hydrogens (tertiary/aromatic N) is 2.